The van der Waals surface area contributed by atoms with Crippen LogP contribution in [0.15, 0.2) is 36.5 Å². The maximum atomic E-state index is 12.4. The predicted octanol–water partition coefficient (Wildman–Crippen LogP) is 4.12. The number of nitrogens with zero attached hydrogens (tertiary/aromatic N) is 1. The lowest BCUT2D eigenvalue weighted by molar-refractivity contribution is 0.0988. The fourth-order valence-electron chi connectivity index (χ4n) is 1.93. The molecular formula is C15H12Cl3NO2. The summed E-state index contributed by atoms with van der Waals surface area (Å²) in [6, 6.07) is 8.61. The number of aryl methyl sites for hydroxylation is 2. The van der Waals surface area contributed by atoms with Gasteiger partial charge in [0.25, 0.3) is 3.79 Å². The van der Waals surface area contributed by atoms with E-state index in [-0.39, 0.29) is 11.5 Å². The number of halogens is 3. The van der Waals surface area contributed by atoms with E-state index in [0.717, 1.165) is 5.56 Å². The Kier molecular flexibility index (Phi) is 4.47. The van der Waals surface area contributed by atoms with E-state index in [9.17, 15) is 9.59 Å². The average molecular weight is 345 g/mol. The average Bonchev–Trinajstić information content (AvgIpc) is 2.79. The molecule has 6 heteroatoms. The lowest BCUT2D eigenvalue weighted by atomic mass is 10.0. The van der Waals surface area contributed by atoms with Crippen LogP contribution in [0.25, 0.3) is 0 Å². The SMILES string of the molecule is Cc1ccc(C(=O)c2cc(C(=O)C(Cl)(Cl)Cl)n(C)c2)cc1. The number of carbonyl (C=O) groups excluding carboxylic acids is 2. The summed E-state index contributed by atoms with van der Waals surface area (Å²) >= 11 is 16.8. The molecule has 2 aromatic rings. The lowest BCUT2D eigenvalue weighted by Crippen LogP contribution is -2.21. The molecule has 0 radical (unpaired) electrons. The Morgan fingerprint density at radius 3 is 2.14 bits per heavy atom. The Labute approximate surface area is 137 Å². The zero-order valence-electron chi connectivity index (χ0n) is 11.4. The standard InChI is InChI=1S/C15H12Cl3NO2/c1-9-3-5-10(6-4-9)13(20)11-7-12(19(2)8-11)14(21)15(16,17)18/h3-8H,1-2H3. The van der Waals surface area contributed by atoms with E-state index in [0.29, 0.717) is 11.1 Å². The van der Waals surface area contributed by atoms with Crippen molar-refractivity contribution < 1.29 is 9.59 Å². The summed E-state index contributed by atoms with van der Waals surface area (Å²) in [5, 5.41) is 0. The van der Waals surface area contributed by atoms with Gasteiger partial charge in [-0.25, -0.2) is 0 Å². The Morgan fingerprint density at radius 2 is 1.62 bits per heavy atom. The van der Waals surface area contributed by atoms with Crippen molar-refractivity contribution in [3.63, 3.8) is 0 Å². The second-order valence-electron chi connectivity index (χ2n) is 4.75. The smallest absolute Gasteiger partial charge is 0.255 e. The molecule has 110 valence electrons. The second kappa shape index (κ2) is 5.84. The van der Waals surface area contributed by atoms with E-state index in [1.54, 1.807) is 25.4 Å². The van der Waals surface area contributed by atoms with Crippen LogP contribution in [0.4, 0.5) is 0 Å². The Hall–Kier alpha value is -1.29. The van der Waals surface area contributed by atoms with Crippen molar-refractivity contribution in [1.82, 2.24) is 4.57 Å². The molecule has 0 aliphatic heterocycles. The number of benzene rings is 1. The highest BCUT2D eigenvalue weighted by molar-refractivity contribution is 6.77. The molecule has 0 spiro atoms. The number of hydrogen-bond acceptors (Lipinski definition) is 2. The first kappa shape index (κ1) is 16.1. The number of ketones is 2. The Bertz CT molecular complexity index is 697. The number of hydrogen-bond donors (Lipinski definition) is 0. The number of aromatic nitrogens is 1. The number of rotatable bonds is 3. The molecule has 1 heterocycles. The molecule has 0 amide bonds. The van der Waals surface area contributed by atoms with Gasteiger partial charge in [-0.3, -0.25) is 9.59 Å². The van der Waals surface area contributed by atoms with Crippen molar-refractivity contribution in [2.24, 2.45) is 7.05 Å². The van der Waals surface area contributed by atoms with Gasteiger partial charge in [-0.05, 0) is 13.0 Å². The zero-order chi connectivity index (χ0) is 15.8. The highest BCUT2D eigenvalue weighted by Gasteiger charge is 2.34. The van der Waals surface area contributed by atoms with Crippen molar-refractivity contribution in [1.29, 1.82) is 0 Å². The summed E-state index contributed by atoms with van der Waals surface area (Å²) in [5.41, 5.74) is 2.15. The first-order valence-corrected chi connectivity index (χ1v) is 7.23. The summed E-state index contributed by atoms with van der Waals surface area (Å²) in [4.78, 5) is 24.3. The molecule has 0 fully saturated rings. The largest absolute Gasteiger partial charge is 0.347 e. The van der Waals surface area contributed by atoms with Gasteiger partial charge in [0.15, 0.2) is 5.78 Å². The monoisotopic (exact) mass is 343 g/mol. The summed E-state index contributed by atoms with van der Waals surface area (Å²) < 4.78 is -0.568. The zero-order valence-corrected chi connectivity index (χ0v) is 13.6. The Balaban J connectivity index is 2.36. The molecule has 1 aromatic carbocycles. The number of Topliss-reactive ketones (excluding diaryl/α,β-unsaturated/α-hetero) is 1. The normalized spacial score (nSPS) is 11.5. The summed E-state index contributed by atoms with van der Waals surface area (Å²) in [6.07, 6.45) is 1.55. The van der Waals surface area contributed by atoms with Crippen molar-refractivity contribution in [3.05, 3.63) is 58.9 Å². The van der Waals surface area contributed by atoms with Crippen LogP contribution in [0.1, 0.15) is 32.0 Å². The summed E-state index contributed by atoms with van der Waals surface area (Å²) in [7, 11) is 1.62. The van der Waals surface area contributed by atoms with Gasteiger partial charge in [-0.1, -0.05) is 64.6 Å². The van der Waals surface area contributed by atoms with Gasteiger partial charge in [-0.15, -0.1) is 0 Å². The quantitative estimate of drug-likeness (QED) is 0.620. The highest BCUT2D eigenvalue weighted by atomic mass is 35.6. The third-order valence-corrected chi connectivity index (χ3v) is 3.59. The molecule has 0 bridgehead atoms. The summed E-state index contributed by atoms with van der Waals surface area (Å²) in [5.74, 6) is -0.855. The topological polar surface area (TPSA) is 39.1 Å². The lowest BCUT2D eigenvalue weighted by Gasteiger charge is -2.09. The van der Waals surface area contributed by atoms with Crippen LogP contribution >= 0.6 is 34.8 Å². The minimum Gasteiger partial charge on any atom is -0.347 e. The fourth-order valence-corrected chi connectivity index (χ4v) is 2.22. The molecule has 2 rings (SSSR count). The van der Waals surface area contributed by atoms with Crippen molar-refractivity contribution in [2.75, 3.05) is 0 Å². The molecule has 0 aliphatic rings. The third-order valence-electron chi connectivity index (χ3n) is 3.07. The van der Waals surface area contributed by atoms with E-state index in [2.05, 4.69) is 0 Å². The highest BCUT2D eigenvalue weighted by Crippen LogP contribution is 2.31. The molecule has 0 aliphatic carbocycles. The molecule has 3 nitrogen and oxygen atoms in total. The van der Waals surface area contributed by atoms with Crippen LogP contribution in [-0.2, 0) is 7.05 Å². The number of carbonyl (C=O) groups is 2. The van der Waals surface area contributed by atoms with E-state index in [1.165, 1.54) is 10.6 Å². The van der Waals surface area contributed by atoms with Crippen molar-refractivity contribution in [2.45, 2.75) is 10.7 Å². The molecule has 0 N–H and O–H groups in total. The van der Waals surface area contributed by atoms with Gasteiger partial charge in [-0.2, -0.15) is 0 Å². The number of alkyl halides is 3. The molecule has 0 saturated carbocycles. The molecule has 21 heavy (non-hydrogen) atoms. The van der Waals surface area contributed by atoms with Crippen LogP contribution in [0.3, 0.4) is 0 Å². The molecule has 0 unspecified atom stereocenters. The van der Waals surface area contributed by atoms with Gasteiger partial charge in [0, 0.05) is 24.4 Å². The molecule has 0 saturated heterocycles. The predicted molar refractivity (Wildman–Crippen MR) is 84.6 cm³/mol. The van der Waals surface area contributed by atoms with Crippen molar-refractivity contribution >= 4 is 46.4 Å². The molecule has 0 atom stereocenters. The maximum Gasteiger partial charge on any atom is 0.255 e. The van der Waals surface area contributed by atoms with Crippen LogP contribution in [-0.4, -0.2) is 19.9 Å². The first-order valence-electron chi connectivity index (χ1n) is 6.09. The van der Waals surface area contributed by atoms with Gasteiger partial charge in [0.05, 0.1) is 5.69 Å². The van der Waals surface area contributed by atoms with Gasteiger partial charge in [0.1, 0.15) is 0 Å². The van der Waals surface area contributed by atoms with Crippen molar-refractivity contribution in [3.8, 4) is 0 Å². The van der Waals surface area contributed by atoms with E-state index in [4.69, 9.17) is 34.8 Å². The summed E-state index contributed by atoms with van der Waals surface area (Å²) in [6.45, 7) is 1.94. The van der Waals surface area contributed by atoms with Gasteiger partial charge < -0.3 is 4.57 Å². The van der Waals surface area contributed by atoms with Crippen LogP contribution in [0.5, 0.6) is 0 Å². The molecular weight excluding hydrogens is 333 g/mol. The fraction of sp³-hybridized carbons (Fsp3) is 0.200. The van der Waals surface area contributed by atoms with E-state index >= 15 is 0 Å². The van der Waals surface area contributed by atoms with Gasteiger partial charge in [0.2, 0.25) is 5.78 Å². The van der Waals surface area contributed by atoms with E-state index < -0.39 is 9.58 Å². The maximum absolute atomic E-state index is 12.4. The molecule has 1 aromatic heterocycles. The first-order chi connectivity index (χ1) is 9.70. The van der Waals surface area contributed by atoms with Gasteiger partial charge >= 0.3 is 0 Å². The Morgan fingerprint density at radius 1 is 1.05 bits per heavy atom. The minimum absolute atomic E-state index is 0.172. The van der Waals surface area contributed by atoms with Crippen LogP contribution < -0.4 is 0 Å². The van der Waals surface area contributed by atoms with Crippen LogP contribution in [0.2, 0.25) is 0 Å². The second-order valence-corrected chi connectivity index (χ2v) is 7.03. The van der Waals surface area contributed by atoms with E-state index in [1.807, 2.05) is 19.1 Å². The van der Waals surface area contributed by atoms with Crippen LogP contribution in [0, 0.1) is 6.92 Å². The third kappa shape index (κ3) is 3.49. The minimum atomic E-state index is -2.05.